The zero-order valence-electron chi connectivity index (χ0n) is 9.40. The van der Waals surface area contributed by atoms with Crippen molar-refractivity contribution in [3.8, 4) is 11.5 Å². The van der Waals surface area contributed by atoms with Gasteiger partial charge in [-0.25, -0.2) is 0 Å². The molecule has 0 amide bonds. The van der Waals surface area contributed by atoms with Gasteiger partial charge in [-0.15, -0.1) is 0 Å². The average molecular weight is 281 g/mol. The Balaban J connectivity index is 2.30. The molecular formula is C14H10Cl2O2. The number of hydrogen-bond acceptors (Lipinski definition) is 2. The maximum absolute atomic E-state index is 11.0. The van der Waals surface area contributed by atoms with Crippen LogP contribution in [0.25, 0.3) is 0 Å². The van der Waals surface area contributed by atoms with Crippen LogP contribution in [-0.4, -0.2) is 5.24 Å². The normalized spacial score (nSPS) is 10.1. The number of rotatable bonds is 4. The molecule has 4 heteroatoms. The summed E-state index contributed by atoms with van der Waals surface area (Å²) in [6.07, 6.45) is 0.112. The van der Waals surface area contributed by atoms with Crippen molar-refractivity contribution in [3.63, 3.8) is 0 Å². The molecule has 2 nitrogen and oxygen atoms in total. The van der Waals surface area contributed by atoms with Crippen LogP contribution in [0.3, 0.4) is 0 Å². The number of hydrogen-bond donors (Lipinski definition) is 0. The van der Waals surface area contributed by atoms with E-state index >= 15 is 0 Å². The fraction of sp³-hybridized carbons (Fsp3) is 0.0714. The second kappa shape index (κ2) is 5.89. The summed E-state index contributed by atoms with van der Waals surface area (Å²) in [5.74, 6) is 1.23. The van der Waals surface area contributed by atoms with Crippen LogP contribution in [0.4, 0.5) is 0 Å². The van der Waals surface area contributed by atoms with E-state index in [0.29, 0.717) is 22.1 Å². The van der Waals surface area contributed by atoms with Gasteiger partial charge < -0.3 is 4.74 Å². The lowest BCUT2D eigenvalue weighted by molar-refractivity contribution is -0.111. The molecule has 92 valence electrons. The first-order chi connectivity index (χ1) is 8.65. The van der Waals surface area contributed by atoms with Gasteiger partial charge in [0.05, 0.1) is 6.42 Å². The van der Waals surface area contributed by atoms with Crippen molar-refractivity contribution in [3.05, 3.63) is 59.1 Å². The van der Waals surface area contributed by atoms with E-state index in [4.69, 9.17) is 27.9 Å². The molecule has 18 heavy (non-hydrogen) atoms. The smallest absolute Gasteiger partial charge is 0.226 e. The second-order valence-corrected chi connectivity index (χ2v) is 4.56. The first-order valence-corrected chi connectivity index (χ1v) is 6.10. The molecular weight excluding hydrogens is 271 g/mol. The van der Waals surface area contributed by atoms with Crippen LogP contribution >= 0.6 is 23.2 Å². The minimum atomic E-state index is -0.435. The second-order valence-electron chi connectivity index (χ2n) is 3.70. The first-order valence-electron chi connectivity index (χ1n) is 5.35. The van der Waals surface area contributed by atoms with E-state index in [2.05, 4.69) is 0 Å². The first kappa shape index (κ1) is 12.9. The van der Waals surface area contributed by atoms with Crippen molar-refractivity contribution in [1.29, 1.82) is 0 Å². The Bertz CT molecular complexity index is 553. The van der Waals surface area contributed by atoms with Crippen LogP contribution in [0.15, 0.2) is 48.5 Å². The zero-order chi connectivity index (χ0) is 13.0. The highest BCUT2D eigenvalue weighted by molar-refractivity contribution is 6.63. The zero-order valence-corrected chi connectivity index (χ0v) is 10.9. The van der Waals surface area contributed by atoms with Crippen LogP contribution in [0.5, 0.6) is 11.5 Å². The summed E-state index contributed by atoms with van der Waals surface area (Å²) < 4.78 is 5.70. The molecule has 0 aliphatic rings. The van der Waals surface area contributed by atoms with E-state index in [1.807, 2.05) is 30.3 Å². The largest absolute Gasteiger partial charge is 0.457 e. The number of benzene rings is 2. The Hall–Kier alpha value is -1.51. The maximum Gasteiger partial charge on any atom is 0.226 e. The van der Waals surface area contributed by atoms with Gasteiger partial charge in [-0.2, -0.15) is 0 Å². The summed E-state index contributed by atoms with van der Waals surface area (Å²) >= 11 is 11.3. The highest BCUT2D eigenvalue weighted by Crippen LogP contribution is 2.29. The Morgan fingerprint density at radius 1 is 1.11 bits per heavy atom. The number of para-hydroxylation sites is 1. The van der Waals surface area contributed by atoms with Gasteiger partial charge in [0.2, 0.25) is 5.24 Å². The van der Waals surface area contributed by atoms with E-state index < -0.39 is 5.24 Å². The molecule has 2 aromatic carbocycles. The van der Waals surface area contributed by atoms with Crippen LogP contribution in [0, 0.1) is 0 Å². The standard InChI is InChI=1S/C14H10Cl2O2/c15-11-7-6-10(8-14(16)17)13(9-11)18-12-4-2-1-3-5-12/h1-7,9H,8H2. The molecule has 0 heterocycles. The summed E-state index contributed by atoms with van der Waals surface area (Å²) in [6.45, 7) is 0. The van der Waals surface area contributed by atoms with Crippen LogP contribution < -0.4 is 4.74 Å². The highest BCUT2D eigenvalue weighted by atomic mass is 35.5. The van der Waals surface area contributed by atoms with E-state index in [-0.39, 0.29) is 6.42 Å². The molecule has 0 radical (unpaired) electrons. The van der Waals surface area contributed by atoms with Gasteiger partial charge in [-0.1, -0.05) is 35.9 Å². The lowest BCUT2D eigenvalue weighted by atomic mass is 10.1. The molecule has 0 aromatic heterocycles. The monoisotopic (exact) mass is 280 g/mol. The lowest BCUT2D eigenvalue weighted by Gasteiger charge is -2.10. The summed E-state index contributed by atoms with van der Waals surface area (Å²) in [7, 11) is 0. The van der Waals surface area contributed by atoms with Gasteiger partial charge in [0.15, 0.2) is 0 Å². The molecule has 0 fully saturated rings. The summed E-state index contributed by atoms with van der Waals surface area (Å²) in [5, 5.41) is 0.113. The lowest BCUT2D eigenvalue weighted by Crippen LogP contribution is -1.97. The van der Waals surface area contributed by atoms with Gasteiger partial charge in [0, 0.05) is 10.6 Å². The van der Waals surface area contributed by atoms with Crippen molar-refractivity contribution in [2.75, 3.05) is 0 Å². The van der Waals surface area contributed by atoms with Gasteiger partial charge in [0.1, 0.15) is 11.5 Å². The number of halogens is 2. The number of ether oxygens (including phenoxy) is 1. The minimum absolute atomic E-state index is 0.112. The van der Waals surface area contributed by atoms with Crippen LogP contribution in [0.2, 0.25) is 5.02 Å². The van der Waals surface area contributed by atoms with E-state index in [9.17, 15) is 4.79 Å². The molecule has 0 bridgehead atoms. The molecule has 0 aliphatic heterocycles. The molecule has 0 saturated carbocycles. The quantitative estimate of drug-likeness (QED) is 0.774. The number of carbonyl (C=O) groups is 1. The Labute approximate surface area is 115 Å². The van der Waals surface area contributed by atoms with Crippen molar-refractivity contribution in [2.24, 2.45) is 0 Å². The Kier molecular flexibility index (Phi) is 4.24. The summed E-state index contributed by atoms with van der Waals surface area (Å²) in [6, 6.07) is 14.4. The average Bonchev–Trinajstić information content (AvgIpc) is 2.33. The van der Waals surface area contributed by atoms with Gasteiger partial charge in [-0.3, -0.25) is 4.79 Å². The summed E-state index contributed by atoms with van der Waals surface area (Å²) in [4.78, 5) is 11.0. The van der Waals surface area contributed by atoms with E-state index in [1.165, 1.54) is 0 Å². The molecule has 0 atom stereocenters. The van der Waals surface area contributed by atoms with Gasteiger partial charge in [-0.05, 0) is 35.9 Å². The predicted octanol–water partition coefficient (Wildman–Crippen LogP) is 4.44. The molecule has 2 aromatic rings. The number of carbonyl (C=O) groups excluding carboxylic acids is 1. The molecule has 2 rings (SSSR count). The van der Waals surface area contributed by atoms with Crippen molar-refractivity contribution >= 4 is 28.4 Å². The van der Waals surface area contributed by atoms with Crippen LogP contribution in [-0.2, 0) is 11.2 Å². The molecule has 0 N–H and O–H groups in total. The predicted molar refractivity (Wildman–Crippen MR) is 72.5 cm³/mol. The SMILES string of the molecule is O=C(Cl)Cc1ccc(Cl)cc1Oc1ccccc1. The third-order valence-corrected chi connectivity index (χ3v) is 2.70. The Morgan fingerprint density at radius 3 is 2.50 bits per heavy atom. The topological polar surface area (TPSA) is 26.3 Å². The van der Waals surface area contributed by atoms with Gasteiger partial charge in [0.25, 0.3) is 0 Å². The highest BCUT2D eigenvalue weighted by Gasteiger charge is 2.09. The van der Waals surface area contributed by atoms with Crippen molar-refractivity contribution < 1.29 is 9.53 Å². The third kappa shape index (κ3) is 3.49. The van der Waals surface area contributed by atoms with E-state index in [1.54, 1.807) is 18.2 Å². The van der Waals surface area contributed by atoms with Crippen molar-refractivity contribution in [2.45, 2.75) is 6.42 Å². The van der Waals surface area contributed by atoms with Gasteiger partial charge >= 0.3 is 0 Å². The molecule has 0 saturated heterocycles. The third-order valence-electron chi connectivity index (χ3n) is 2.33. The Morgan fingerprint density at radius 2 is 1.83 bits per heavy atom. The minimum Gasteiger partial charge on any atom is -0.457 e. The molecule has 0 aliphatic carbocycles. The fourth-order valence-corrected chi connectivity index (χ4v) is 1.84. The summed E-state index contributed by atoms with van der Waals surface area (Å²) in [5.41, 5.74) is 0.711. The van der Waals surface area contributed by atoms with Crippen molar-refractivity contribution in [1.82, 2.24) is 0 Å². The molecule has 0 unspecified atom stereocenters. The van der Waals surface area contributed by atoms with Crippen LogP contribution in [0.1, 0.15) is 5.56 Å². The molecule has 0 spiro atoms. The van der Waals surface area contributed by atoms with E-state index in [0.717, 1.165) is 0 Å². The fourth-order valence-electron chi connectivity index (χ4n) is 1.53. The maximum atomic E-state index is 11.0.